The third kappa shape index (κ3) is 1.52. The van der Waals surface area contributed by atoms with Gasteiger partial charge < -0.3 is 5.11 Å². The maximum Gasteiger partial charge on any atom is 0.234 e. The number of imide groups is 1. The standard InChI is InChI=1S/C10H5F4NO3/c11-5-7(13)10(18)8(14)6(12)9(5)15-3(16)1-2-4(15)17/h18H,1-2H2. The predicted molar refractivity (Wildman–Crippen MR) is 49.7 cm³/mol. The van der Waals surface area contributed by atoms with E-state index < -0.39 is 46.5 Å². The second-order valence-electron chi connectivity index (χ2n) is 3.58. The van der Waals surface area contributed by atoms with Crippen LogP contribution in [-0.4, -0.2) is 16.9 Å². The highest BCUT2D eigenvalue weighted by atomic mass is 19.2. The van der Waals surface area contributed by atoms with Gasteiger partial charge in [0.05, 0.1) is 0 Å². The molecule has 0 atom stereocenters. The monoisotopic (exact) mass is 263 g/mol. The zero-order chi connectivity index (χ0) is 13.6. The van der Waals surface area contributed by atoms with Crippen molar-refractivity contribution in [2.24, 2.45) is 0 Å². The maximum absolute atomic E-state index is 13.4. The summed E-state index contributed by atoms with van der Waals surface area (Å²) in [5.74, 6) is -11.9. The molecule has 1 fully saturated rings. The number of carbonyl (C=O) groups is 2. The fourth-order valence-corrected chi connectivity index (χ4v) is 1.63. The van der Waals surface area contributed by atoms with E-state index in [1.54, 1.807) is 0 Å². The van der Waals surface area contributed by atoms with Crippen LogP contribution in [0.25, 0.3) is 0 Å². The molecule has 0 saturated carbocycles. The molecule has 0 unspecified atom stereocenters. The van der Waals surface area contributed by atoms with Crippen molar-refractivity contribution in [2.45, 2.75) is 12.8 Å². The van der Waals surface area contributed by atoms with Crippen molar-refractivity contribution in [3.05, 3.63) is 23.3 Å². The Bertz CT molecular complexity index is 528. The van der Waals surface area contributed by atoms with E-state index in [-0.39, 0.29) is 17.7 Å². The second-order valence-corrected chi connectivity index (χ2v) is 3.58. The molecule has 1 aliphatic heterocycles. The number of nitrogens with zero attached hydrogens (tertiary/aromatic N) is 1. The number of amides is 2. The predicted octanol–water partition coefficient (Wildman–Crippen LogP) is 1.60. The number of rotatable bonds is 1. The molecule has 96 valence electrons. The highest BCUT2D eigenvalue weighted by Gasteiger charge is 2.38. The van der Waals surface area contributed by atoms with Crippen molar-refractivity contribution < 1.29 is 32.3 Å². The Morgan fingerprint density at radius 1 is 0.833 bits per heavy atom. The van der Waals surface area contributed by atoms with Crippen molar-refractivity contribution in [3.8, 4) is 5.75 Å². The molecule has 2 amide bonds. The van der Waals surface area contributed by atoms with Crippen LogP contribution in [0.4, 0.5) is 23.2 Å². The average Bonchev–Trinajstić information content (AvgIpc) is 2.66. The van der Waals surface area contributed by atoms with E-state index in [2.05, 4.69) is 0 Å². The van der Waals surface area contributed by atoms with Crippen LogP contribution in [-0.2, 0) is 9.59 Å². The summed E-state index contributed by atoms with van der Waals surface area (Å²) in [6.07, 6.45) is -0.607. The van der Waals surface area contributed by atoms with Gasteiger partial charge in [-0.05, 0) is 0 Å². The molecule has 0 bridgehead atoms. The minimum Gasteiger partial charge on any atom is -0.503 e. The van der Waals surface area contributed by atoms with Gasteiger partial charge in [-0.1, -0.05) is 0 Å². The minimum atomic E-state index is -2.06. The Morgan fingerprint density at radius 3 is 1.61 bits per heavy atom. The van der Waals surface area contributed by atoms with Crippen LogP contribution in [0.5, 0.6) is 5.75 Å². The smallest absolute Gasteiger partial charge is 0.234 e. The molecule has 1 heterocycles. The van der Waals surface area contributed by atoms with Gasteiger partial charge in [0.25, 0.3) is 0 Å². The molecule has 1 aromatic rings. The van der Waals surface area contributed by atoms with Crippen LogP contribution >= 0.6 is 0 Å². The largest absolute Gasteiger partial charge is 0.503 e. The van der Waals surface area contributed by atoms with Crippen molar-refractivity contribution >= 4 is 17.5 Å². The van der Waals surface area contributed by atoms with E-state index in [0.717, 1.165) is 0 Å². The lowest BCUT2D eigenvalue weighted by Crippen LogP contribution is -2.31. The number of halogens is 4. The van der Waals surface area contributed by atoms with Crippen LogP contribution in [0.3, 0.4) is 0 Å². The maximum atomic E-state index is 13.4. The zero-order valence-electron chi connectivity index (χ0n) is 8.64. The van der Waals surface area contributed by atoms with Crippen molar-refractivity contribution in [3.63, 3.8) is 0 Å². The first kappa shape index (κ1) is 12.3. The summed E-state index contributed by atoms with van der Waals surface area (Å²) in [4.78, 5) is 22.6. The van der Waals surface area contributed by atoms with Gasteiger partial charge in [0.1, 0.15) is 5.69 Å². The molecule has 1 N–H and O–H groups in total. The van der Waals surface area contributed by atoms with E-state index in [1.165, 1.54) is 0 Å². The second kappa shape index (κ2) is 3.97. The topological polar surface area (TPSA) is 57.6 Å². The van der Waals surface area contributed by atoms with E-state index in [4.69, 9.17) is 5.11 Å². The van der Waals surface area contributed by atoms with Gasteiger partial charge in [0.15, 0.2) is 17.4 Å². The van der Waals surface area contributed by atoms with Crippen molar-refractivity contribution in [2.75, 3.05) is 4.90 Å². The summed E-state index contributed by atoms with van der Waals surface area (Å²) in [7, 11) is 0. The molecule has 8 heteroatoms. The summed E-state index contributed by atoms with van der Waals surface area (Å²) in [5, 5.41) is 8.75. The molecule has 0 aromatic heterocycles. The number of phenolic OH excluding ortho intramolecular Hbond substituents is 1. The first-order valence-corrected chi connectivity index (χ1v) is 4.77. The highest BCUT2D eigenvalue weighted by molar-refractivity contribution is 6.20. The Balaban J connectivity index is 2.72. The van der Waals surface area contributed by atoms with Crippen molar-refractivity contribution in [1.82, 2.24) is 0 Å². The fraction of sp³-hybridized carbons (Fsp3) is 0.200. The zero-order valence-corrected chi connectivity index (χ0v) is 8.64. The molecule has 4 nitrogen and oxygen atoms in total. The molecule has 0 aliphatic carbocycles. The number of aromatic hydroxyl groups is 1. The third-order valence-corrected chi connectivity index (χ3v) is 2.49. The van der Waals surface area contributed by atoms with Gasteiger partial charge in [-0.2, -0.15) is 8.78 Å². The van der Waals surface area contributed by atoms with Gasteiger partial charge in [-0.3, -0.25) is 9.59 Å². The van der Waals surface area contributed by atoms with Gasteiger partial charge in [-0.25, -0.2) is 13.7 Å². The third-order valence-electron chi connectivity index (χ3n) is 2.49. The van der Waals surface area contributed by atoms with Crippen molar-refractivity contribution in [1.29, 1.82) is 0 Å². The molecular weight excluding hydrogens is 258 g/mol. The normalized spacial score (nSPS) is 15.7. The summed E-state index contributed by atoms with van der Waals surface area (Å²) in [6.45, 7) is 0. The van der Waals surface area contributed by atoms with Gasteiger partial charge in [-0.15, -0.1) is 0 Å². The van der Waals surface area contributed by atoms with Crippen LogP contribution in [0.15, 0.2) is 0 Å². The van der Waals surface area contributed by atoms with E-state index in [1.807, 2.05) is 0 Å². The first-order valence-electron chi connectivity index (χ1n) is 4.77. The van der Waals surface area contributed by atoms with Crippen LogP contribution < -0.4 is 4.90 Å². The number of carbonyl (C=O) groups excluding carboxylic acids is 2. The summed E-state index contributed by atoms with van der Waals surface area (Å²) >= 11 is 0. The Hall–Kier alpha value is -2.12. The molecule has 2 rings (SSSR count). The fourth-order valence-electron chi connectivity index (χ4n) is 1.63. The lowest BCUT2D eigenvalue weighted by molar-refractivity contribution is -0.121. The Morgan fingerprint density at radius 2 is 1.22 bits per heavy atom. The van der Waals surface area contributed by atoms with E-state index in [9.17, 15) is 27.2 Å². The summed E-state index contributed by atoms with van der Waals surface area (Å²) in [6, 6.07) is 0. The molecule has 0 radical (unpaired) electrons. The SMILES string of the molecule is O=C1CCC(=O)N1c1c(F)c(F)c(O)c(F)c1F. The van der Waals surface area contributed by atoms with Crippen LogP contribution in [0.2, 0.25) is 0 Å². The average molecular weight is 263 g/mol. The molecule has 1 saturated heterocycles. The van der Waals surface area contributed by atoms with Crippen LogP contribution in [0.1, 0.15) is 12.8 Å². The number of phenols is 1. The highest BCUT2D eigenvalue weighted by Crippen LogP contribution is 2.36. The number of benzene rings is 1. The number of hydrogen-bond acceptors (Lipinski definition) is 3. The summed E-state index contributed by atoms with van der Waals surface area (Å²) < 4.78 is 52.9. The summed E-state index contributed by atoms with van der Waals surface area (Å²) in [5.41, 5.74) is -1.43. The van der Waals surface area contributed by atoms with Gasteiger partial charge in [0, 0.05) is 12.8 Å². The van der Waals surface area contributed by atoms with E-state index >= 15 is 0 Å². The minimum absolute atomic E-state index is 0.0380. The molecule has 1 aliphatic rings. The van der Waals surface area contributed by atoms with Gasteiger partial charge in [0.2, 0.25) is 23.4 Å². The van der Waals surface area contributed by atoms with Crippen LogP contribution in [0, 0.1) is 23.3 Å². The van der Waals surface area contributed by atoms with Gasteiger partial charge >= 0.3 is 0 Å². The Kier molecular flexibility index (Phi) is 2.72. The first-order chi connectivity index (χ1) is 8.36. The molecular formula is C10H5F4NO3. The number of anilines is 1. The lowest BCUT2D eigenvalue weighted by atomic mass is 10.2. The lowest BCUT2D eigenvalue weighted by Gasteiger charge is -2.16. The quantitative estimate of drug-likeness (QED) is 0.475. The molecule has 18 heavy (non-hydrogen) atoms. The molecule has 0 spiro atoms. The molecule has 1 aromatic carbocycles. The number of hydrogen-bond donors (Lipinski definition) is 1. The van der Waals surface area contributed by atoms with E-state index in [0.29, 0.717) is 0 Å². The Labute approximate surface area is 97.4 Å².